The van der Waals surface area contributed by atoms with Crippen LogP contribution >= 0.6 is 11.3 Å². The van der Waals surface area contributed by atoms with Crippen molar-refractivity contribution < 1.29 is 4.79 Å². The number of carbonyl (C=O) groups is 1. The molecule has 146 valence electrons. The molecular weight excluding hydrogens is 380 g/mol. The first kappa shape index (κ1) is 19.1. The van der Waals surface area contributed by atoms with Crippen molar-refractivity contribution in [2.24, 2.45) is 0 Å². The number of rotatable bonds is 5. The Kier molecular flexibility index (Phi) is 5.27. The zero-order valence-corrected chi connectivity index (χ0v) is 17.4. The highest BCUT2D eigenvalue weighted by molar-refractivity contribution is 7.17. The third-order valence-electron chi connectivity index (χ3n) is 4.70. The van der Waals surface area contributed by atoms with Gasteiger partial charge in [0.1, 0.15) is 17.0 Å². The number of fused-ring (bicyclic) bond motifs is 1. The van der Waals surface area contributed by atoms with E-state index in [2.05, 4.69) is 64.1 Å². The number of hydrogen-bond acceptors (Lipinski definition) is 5. The first-order chi connectivity index (χ1) is 14.0. The molecule has 0 saturated heterocycles. The summed E-state index contributed by atoms with van der Waals surface area (Å²) in [5.74, 6) is 1.15. The van der Waals surface area contributed by atoms with Crippen molar-refractivity contribution in [3.63, 3.8) is 0 Å². The second-order valence-electron chi connectivity index (χ2n) is 7.22. The molecule has 4 rings (SSSR count). The summed E-state index contributed by atoms with van der Waals surface area (Å²) >= 11 is 1.61. The van der Waals surface area contributed by atoms with Crippen molar-refractivity contribution in [1.82, 2.24) is 9.97 Å². The van der Waals surface area contributed by atoms with Crippen LogP contribution in [0.25, 0.3) is 21.3 Å². The smallest absolute Gasteiger partial charge is 0.221 e. The van der Waals surface area contributed by atoms with Gasteiger partial charge in [0.15, 0.2) is 0 Å². The van der Waals surface area contributed by atoms with Gasteiger partial charge in [0.2, 0.25) is 5.91 Å². The van der Waals surface area contributed by atoms with E-state index in [4.69, 9.17) is 0 Å². The molecule has 1 amide bonds. The minimum atomic E-state index is -0.100. The number of amides is 1. The Morgan fingerprint density at radius 1 is 1.03 bits per heavy atom. The highest BCUT2D eigenvalue weighted by Crippen LogP contribution is 2.38. The fourth-order valence-electron chi connectivity index (χ4n) is 3.24. The number of nitrogens with one attached hydrogen (secondary N) is 2. The molecule has 0 spiro atoms. The molecule has 0 bridgehead atoms. The summed E-state index contributed by atoms with van der Waals surface area (Å²) < 4.78 is 0. The van der Waals surface area contributed by atoms with Gasteiger partial charge in [0.25, 0.3) is 0 Å². The summed E-state index contributed by atoms with van der Waals surface area (Å²) in [6, 6.07) is 16.3. The van der Waals surface area contributed by atoms with Gasteiger partial charge in [-0.3, -0.25) is 4.79 Å². The van der Waals surface area contributed by atoms with Gasteiger partial charge >= 0.3 is 0 Å². The number of aromatic nitrogens is 2. The molecule has 0 aliphatic carbocycles. The van der Waals surface area contributed by atoms with E-state index in [1.54, 1.807) is 17.7 Å². The molecule has 2 aromatic carbocycles. The Hall–Kier alpha value is -3.25. The van der Waals surface area contributed by atoms with Gasteiger partial charge in [-0.2, -0.15) is 0 Å². The van der Waals surface area contributed by atoms with Crippen LogP contribution in [-0.2, 0) is 4.79 Å². The normalized spacial score (nSPS) is 11.0. The lowest BCUT2D eigenvalue weighted by molar-refractivity contribution is -0.114. The van der Waals surface area contributed by atoms with Crippen LogP contribution in [0.2, 0.25) is 0 Å². The van der Waals surface area contributed by atoms with E-state index in [1.165, 1.54) is 12.5 Å². The number of carbonyl (C=O) groups excluding carboxylic acids is 1. The molecule has 0 saturated carbocycles. The van der Waals surface area contributed by atoms with Crippen molar-refractivity contribution in [2.45, 2.75) is 26.7 Å². The monoisotopic (exact) mass is 402 g/mol. The number of nitrogens with zero attached hydrogens (tertiary/aromatic N) is 2. The summed E-state index contributed by atoms with van der Waals surface area (Å²) in [5, 5.41) is 9.32. The molecular formula is C23H22N4OS. The van der Waals surface area contributed by atoms with E-state index in [9.17, 15) is 4.79 Å². The number of benzene rings is 2. The van der Waals surface area contributed by atoms with E-state index in [-0.39, 0.29) is 5.91 Å². The maximum absolute atomic E-state index is 11.3. The van der Waals surface area contributed by atoms with Crippen molar-refractivity contribution in [2.75, 3.05) is 10.6 Å². The highest BCUT2D eigenvalue weighted by Gasteiger charge is 2.14. The maximum atomic E-state index is 11.3. The van der Waals surface area contributed by atoms with Gasteiger partial charge in [0, 0.05) is 29.2 Å². The predicted molar refractivity (Wildman–Crippen MR) is 121 cm³/mol. The van der Waals surface area contributed by atoms with Crippen molar-refractivity contribution >= 4 is 44.7 Å². The predicted octanol–water partition coefficient (Wildman–Crippen LogP) is 6.18. The molecule has 5 nitrogen and oxygen atoms in total. The maximum Gasteiger partial charge on any atom is 0.221 e. The summed E-state index contributed by atoms with van der Waals surface area (Å²) in [7, 11) is 0. The first-order valence-electron chi connectivity index (χ1n) is 9.48. The number of anilines is 3. The average Bonchev–Trinajstić information content (AvgIpc) is 3.13. The molecule has 0 unspecified atom stereocenters. The topological polar surface area (TPSA) is 66.9 Å². The Bertz CT molecular complexity index is 1170. The summed E-state index contributed by atoms with van der Waals surface area (Å²) in [6.07, 6.45) is 1.57. The average molecular weight is 403 g/mol. The zero-order chi connectivity index (χ0) is 20.4. The van der Waals surface area contributed by atoms with E-state index < -0.39 is 0 Å². The zero-order valence-electron chi connectivity index (χ0n) is 16.6. The molecule has 2 aromatic heterocycles. The minimum Gasteiger partial charge on any atom is -0.340 e. The molecule has 29 heavy (non-hydrogen) atoms. The van der Waals surface area contributed by atoms with Gasteiger partial charge < -0.3 is 10.6 Å². The summed E-state index contributed by atoms with van der Waals surface area (Å²) in [6.45, 7) is 5.89. The van der Waals surface area contributed by atoms with Crippen LogP contribution in [0.5, 0.6) is 0 Å². The molecule has 0 aliphatic rings. The highest BCUT2D eigenvalue weighted by atomic mass is 32.1. The molecule has 4 aromatic rings. The minimum absolute atomic E-state index is 0.100. The largest absolute Gasteiger partial charge is 0.340 e. The molecule has 0 atom stereocenters. The Labute approximate surface area is 173 Å². The number of hydrogen-bond donors (Lipinski definition) is 2. The first-order valence-corrected chi connectivity index (χ1v) is 10.4. The van der Waals surface area contributed by atoms with E-state index in [0.717, 1.165) is 38.5 Å². The van der Waals surface area contributed by atoms with Crippen LogP contribution < -0.4 is 10.6 Å². The van der Waals surface area contributed by atoms with Crippen molar-refractivity contribution in [3.05, 3.63) is 65.8 Å². The van der Waals surface area contributed by atoms with Crippen LogP contribution in [-0.4, -0.2) is 15.9 Å². The molecule has 6 heteroatoms. The lowest BCUT2D eigenvalue weighted by atomic mass is 9.99. The van der Waals surface area contributed by atoms with Crippen LogP contribution in [0.1, 0.15) is 32.3 Å². The fraction of sp³-hybridized carbons (Fsp3) is 0.174. The number of thiophene rings is 1. The van der Waals surface area contributed by atoms with Gasteiger partial charge in [-0.15, -0.1) is 11.3 Å². The fourth-order valence-corrected chi connectivity index (χ4v) is 4.16. The molecule has 2 N–H and O–H groups in total. The van der Waals surface area contributed by atoms with Gasteiger partial charge in [0.05, 0.1) is 5.39 Å². The Balaban J connectivity index is 1.73. The van der Waals surface area contributed by atoms with Crippen molar-refractivity contribution in [3.8, 4) is 11.1 Å². The Morgan fingerprint density at radius 2 is 1.79 bits per heavy atom. The van der Waals surface area contributed by atoms with Gasteiger partial charge in [-0.05, 0) is 35.2 Å². The molecule has 0 fully saturated rings. The lowest BCUT2D eigenvalue weighted by Gasteiger charge is -2.11. The SMILES string of the molecule is CC(=O)Nc1cccc(Nc2ncnc3scc(-c4ccc(C(C)C)cc4)c23)c1. The molecule has 0 radical (unpaired) electrons. The van der Waals surface area contributed by atoms with Crippen LogP contribution in [0.4, 0.5) is 17.2 Å². The van der Waals surface area contributed by atoms with Crippen LogP contribution in [0.15, 0.2) is 60.2 Å². The summed E-state index contributed by atoms with van der Waals surface area (Å²) in [5.41, 5.74) is 5.16. The Morgan fingerprint density at radius 3 is 2.52 bits per heavy atom. The standard InChI is InChI=1S/C23H22N4OS/c1-14(2)16-7-9-17(10-8-16)20-12-29-23-21(20)22(24-13-25-23)27-19-6-4-5-18(11-19)26-15(3)28/h4-14H,1-3H3,(H,26,28)(H,24,25,27). The summed E-state index contributed by atoms with van der Waals surface area (Å²) in [4.78, 5) is 21.2. The third kappa shape index (κ3) is 4.12. The van der Waals surface area contributed by atoms with E-state index in [1.807, 2.05) is 24.3 Å². The van der Waals surface area contributed by atoms with Crippen molar-refractivity contribution in [1.29, 1.82) is 0 Å². The third-order valence-corrected chi connectivity index (χ3v) is 5.59. The van der Waals surface area contributed by atoms with E-state index in [0.29, 0.717) is 5.92 Å². The molecule has 0 aliphatic heterocycles. The molecule has 2 heterocycles. The van der Waals surface area contributed by atoms with Crippen LogP contribution in [0.3, 0.4) is 0 Å². The second-order valence-corrected chi connectivity index (χ2v) is 8.07. The van der Waals surface area contributed by atoms with Crippen LogP contribution in [0, 0.1) is 0 Å². The lowest BCUT2D eigenvalue weighted by Crippen LogP contribution is -2.05. The van der Waals surface area contributed by atoms with Gasteiger partial charge in [-0.1, -0.05) is 44.2 Å². The quantitative estimate of drug-likeness (QED) is 0.418. The van der Waals surface area contributed by atoms with E-state index >= 15 is 0 Å². The van der Waals surface area contributed by atoms with Gasteiger partial charge in [-0.25, -0.2) is 9.97 Å². The second kappa shape index (κ2) is 8.01.